The summed E-state index contributed by atoms with van der Waals surface area (Å²) in [7, 11) is 1.57. The minimum absolute atomic E-state index is 0.0463. The number of carbonyl (C=O) groups is 1. The molecular formula is C15H23NO5. The van der Waals surface area contributed by atoms with Gasteiger partial charge in [0.15, 0.2) is 0 Å². The van der Waals surface area contributed by atoms with E-state index < -0.39 is 18.1 Å². The van der Waals surface area contributed by atoms with Crippen molar-refractivity contribution in [3.8, 4) is 5.75 Å². The lowest BCUT2D eigenvalue weighted by atomic mass is 9.95. The number of aliphatic hydroxyl groups excluding tert-OH is 2. The van der Waals surface area contributed by atoms with Crippen LogP contribution in [0.4, 0.5) is 0 Å². The fourth-order valence-electron chi connectivity index (χ4n) is 2.22. The lowest BCUT2D eigenvalue weighted by Gasteiger charge is -2.25. The van der Waals surface area contributed by atoms with Gasteiger partial charge in [-0.15, -0.1) is 0 Å². The molecule has 0 radical (unpaired) electrons. The Hall–Kier alpha value is -1.63. The fraction of sp³-hybridized carbons (Fsp3) is 0.533. The number of aliphatic carboxylic acids is 1. The smallest absolute Gasteiger partial charge is 0.303 e. The summed E-state index contributed by atoms with van der Waals surface area (Å²) in [5.74, 6) is -0.210. The molecule has 1 rings (SSSR count). The number of nitrogens with one attached hydrogen (secondary N) is 1. The first-order valence-corrected chi connectivity index (χ1v) is 6.88. The number of hydrogen-bond acceptors (Lipinski definition) is 5. The molecule has 0 fully saturated rings. The molecule has 0 spiro atoms. The third-order valence-electron chi connectivity index (χ3n) is 3.36. The molecule has 1 aromatic carbocycles. The molecule has 0 aliphatic rings. The number of aliphatic hydroxyl groups is 2. The molecular weight excluding hydrogens is 274 g/mol. The molecule has 6 heteroatoms. The molecule has 0 heterocycles. The summed E-state index contributed by atoms with van der Waals surface area (Å²) in [4.78, 5) is 10.7. The zero-order valence-corrected chi connectivity index (χ0v) is 12.4. The standard InChI is InChI=1S/C15H23NO5/c1-10-9-11(21-2)3-4-12(10)15(20)13(16-7-8-17)5-6-14(18)19/h3-4,9,13,15-17,20H,5-8H2,1-2H3,(H,18,19). The van der Waals surface area contributed by atoms with E-state index in [1.165, 1.54) is 0 Å². The van der Waals surface area contributed by atoms with Gasteiger partial charge in [-0.3, -0.25) is 4.79 Å². The summed E-state index contributed by atoms with van der Waals surface area (Å²) in [5.41, 5.74) is 1.59. The number of benzene rings is 1. The molecule has 0 saturated heterocycles. The van der Waals surface area contributed by atoms with Crippen molar-refractivity contribution in [1.29, 1.82) is 0 Å². The van der Waals surface area contributed by atoms with Crippen LogP contribution in [0.5, 0.6) is 5.75 Å². The van der Waals surface area contributed by atoms with E-state index in [2.05, 4.69) is 5.32 Å². The molecule has 118 valence electrons. The van der Waals surface area contributed by atoms with Crippen molar-refractivity contribution in [3.05, 3.63) is 29.3 Å². The monoisotopic (exact) mass is 297 g/mol. The minimum atomic E-state index is -0.913. The SMILES string of the molecule is COc1ccc(C(O)C(CCC(=O)O)NCCO)c(C)c1. The van der Waals surface area contributed by atoms with Crippen molar-refractivity contribution >= 4 is 5.97 Å². The zero-order chi connectivity index (χ0) is 15.8. The van der Waals surface area contributed by atoms with E-state index in [1.54, 1.807) is 19.2 Å². The molecule has 2 atom stereocenters. The molecule has 2 unspecified atom stereocenters. The molecule has 0 aliphatic carbocycles. The van der Waals surface area contributed by atoms with Crippen molar-refractivity contribution < 1.29 is 24.9 Å². The van der Waals surface area contributed by atoms with Crippen LogP contribution in [0.3, 0.4) is 0 Å². The molecule has 4 N–H and O–H groups in total. The van der Waals surface area contributed by atoms with Gasteiger partial charge in [0.1, 0.15) is 5.75 Å². The highest BCUT2D eigenvalue weighted by Crippen LogP contribution is 2.26. The molecule has 0 bridgehead atoms. The number of methoxy groups -OCH3 is 1. The van der Waals surface area contributed by atoms with E-state index in [9.17, 15) is 9.90 Å². The number of ether oxygens (including phenoxy) is 1. The zero-order valence-electron chi connectivity index (χ0n) is 12.4. The summed E-state index contributed by atoms with van der Waals surface area (Å²) >= 11 is 0. The average molecular weight is 297 g/mol. The van der Waals surface area contributed by atoms with Gasteiger partial charge in [0.2, 0.25) is 0 Å². The topological polar surface area (TPSA) is 99.0 Å². The number of hydrogen-bond donors (Lipinski definition) is 4. The van der Waals surface area contributed by atoms with Crippen LogP contribution in [0.15, 0.2) is 18.2 Å². The molecule has 21 heavy (non-hydrogen) atoms. The van der Waals surface area contributed by atoms with Gasteiger partial charge >= 0.3 is 5.97 Å². The molecule has 0 saturated carbocycles. The van der Waals surface area contributed by atoms with E-state index in [0.717, 1.165) is 11.1 Å². The second-order valence-electron chi connectivity index (χ2n) is 4.88. The van der Waals surface area contributed by atoms with Crippen molar-refractivity contribution in [2.75, 3.05) is 20.3 Å². The Morgan fingerprint density at radius 3 is 2.67 bits per heavy atom. The lowest BCUT2D eigenvalue weighted by molar-refractivity contribution is -0.137. The van der Waals surface area contributed by atoms with E-state index in [-0.39, 0.29) is 19.4 Å². The highest BCUT2D eigenvalue weighted by molar-refractivity contribution is 5.66. The van der Waals surface area contributed by atoms with E-state index in [1.807, 2.05) is 13.0 Å². The van der Waals surface area contributed by atoms with Crippen LogP contribution in [-0.2, 0) is 4.79 Å². The second kappa shape index (κ2) is 8.61. The van der Waals surface area contributed by atoms with Crippen LogP contribution < -0.4 is 10.1 Å². The molecule has 0 aromatic heterocycles. The van der Waals surface area contributed by atoms with E-state index in [4.69, 9.17) is 14.9 Å². The Balaban J connectivity index is 2.86. The van der Waals surface area contributed by atoms with Gasteiger partial charge in [-0.05, 0) is 36.6 Å². The summed E-state index contributed by atoms with van der Waals surface area (Å²) in [6, 6.07) is 4.91. The molecule has 1 aromatic rings. The largest absolute Gasteiger partial charge is 0.497 e. The van der Waals surface area contributed by atoms with Crippen molar-refractivity contribution in [2.24, 2.45) is 0 Å². The minimum Gasteiger partial charge on any atom is -0.497 e. The fourth-order valence-corrected chi connectivity index (χ4v) is 2.22. The third kappa shape index (κ3) is 5.34. The third-order valence-corrected chi connectivity index (χ3v) is 3.36. The summed E-state index contributed by atoms with van der Waals surface area (Å²) in [6.45, 7) is 2.09. The Labute approximate surface area is 124 Å². The highest BCUT2D eigenvalue weighted by atomic mass is 16.5. The van der Waals surface area contributed by atoms with Gasteiger partial charge in [-0.2, -0.15) is 0 Å². The number of carboxylic acids is 1. The van der Waals surface area contributed by atoms with E-state index >= 15 is 0 Å². The van der Waals surface area contributed by atoms with Gasteiger partial charge in [-0.25, -0.2) is 0 Å². The maximum atomic E-state index is 10.7. The van der Waals surface area contributed by atoms with Crippen LogP contribution in [-0.4, -0.2) is 47.6 Å². The first-order chi connectivity index (χ1) is 9.99. The van der Waals surface area contributed by atoms with Gasteiger partial charge < -0.3 is 25.4 Å². The van der Waals surface area contributed by atoms with Crippen LogP contribution in [0.1, 0.15) is 30.1 Å². The van der Waals surface area contributed by atoms with Crippen molar-refractivity contribution in [1.82, 2.24) is 5.32 Å². The van der Waals surface area contributed by atoms with Gasteiger partial charge in [0.25, 0.3) is 0 Å². The predicted molar refractivity (Wildman–Crippen MR) is 78.4 cm³/mol. The first kappa shape index (κ1) is 17.4. The van der Waals surface area contributed by atoms with Crippen LogP contribution >= 0.6 is 0 Å². The maximum Gasteiger partial charge on any atom is 0.303 e. The average Bonchev–Trinajstić information content (AvgIpc) is 2.46. The predicted octanol–water partition coefficient (Wildman–Crippen LogP) is 0.852. The summed E-state index contributed by atoms with van der Waals surface area (Å²) in [6.07, 6.45) is -0.612. The van der Waals surface area contributed by atoms with Crippen LogP contribution in [0, 0.1) is 6.92 Å². The molecule has 6 nitrogen and oxygen atoms in total. The van der Waals surface area contributed by atoms with Crippen LogP contribution in [0.2, 0.25) is 0 Å². The van der Waals surface area contributed by atoms with Gasteiger partial charge in [-0.1, -0.05) is 6.07 Å². The number of carboxylic acid groups (broad SMARTS) is 1. The van der Waals surface area contributed by atoms with Gasteiger partial charge in [0.05, 0.1) is 19.8 Å². The Kier molecular flexibility index (Phi) is 7.14. The summed E-state index contributed by atoms with van der Waals surface area (Å²) in [5, 5.41) is 31.1. The normalized spacial score (nSPS) is 13.7. The van der Waals surface area contributed by atoms with Crippen molar-refractivity contribution in [3.63, 3.8) is 0 Å². The Morgan fingerprint density at radius 1 is 1.43 bits per heavy atom. The Morgan fingerprint density at radius 2 is 2.14 bits per heavy atom. The highest BCUT2D eigenvalue weighted by Gasteiger charge is 2.22. The summed E-state index contributed by atoms with van der Waals surface area (Å²) < 4.78 is 5.13. The maximum absolute atomic E-state index is 10.7. The first-order valence-electron chi connectivity index (χ1n) is 6.88. The second-order valence-corrected chi connectivity index (χ2v) is 4.88. The van der Waals surface area contributed by atoms with Gasteiger partial charge in [0, 0.05) is 19.0 Å². The number of aryl methyl sites for hydroxylation is 1. The van der Waals surface area contributed by atoms with E-state index in [0.29, 0.717) is 12.3 Å². The molecule has 0 aliphatic heterocycles. The van der Waals surface area contributed by atoms with Crippen molar-refractivity contribution in [2.45, 2.75) is 31.9 Å². The Bertz CT molecular complexity index is 463. The van der Waals surface area contributed by atoms with Crippen LogP contribution in [0.25, 0.3) is 0 Å². The lowest BCUT2D eigenvalue weighted by Crippen LogP contribution is -2.37. The number of rotatable bonds is 9. The molecule has 0 amide bonds. The quantitative estimate of drug-likeness (QED) is 0.539.